The molecular formula is C19H18N4O3. The number of hydrogen-bond acceptors (Lipinski definition) is 4. The topological polar surface area (TPSA) is 71.6 Å². The number of benzene rings is 1. The number of rotatable bonds is 3. The number of amides is 2. The lowest BCUT2D eigenvalue weighted by Gasteiger charge is -2.19. The van der Waals surface area contributed by atoms with Gasteiger partial charge in [0.1, 0.15) is 5.76 Å². The van der Waals surface area contributed by atoms with Gasteiger partial charge in [-0.25, -0.2) is 4.98 Å². The van der Waals surface area contributed by atoms with Crippen LogP contribution in [0.1, 0.15) is 12.2 Å². The average Bonchev–Trinajstić information content (AvgIpc) is 3.40. The first kappa shape index (κ1) is 15.2. The van der Waals surface area contributed by atoms with Crippen LogP contribution in [0.4, 0.5) is 5.95 Å². The van der Waals surface area contributed by atoms with Crippen molar-refractivity contribution in [3.8, 4) is 0 Å². The number of furan rings is 1. The first-order chi connectivity index (χ1) is 12.7. The van der Waals surface area contributed by atoms with Gasteiger partial charge in [-0.15, -0.1) is 0 Å². The van der Waals surface area contributed by atoms with Gasteiger partial charge in [0.25, 0.3) is 0 Å². The molecule has 26 heavy (non-hydrogen) atoms. The van der Waals surface area contributed by atoms with Crippen molar-refractivity contribution >= 4 is 28.8 Å². The second-order valence-electron chi connectivity index (χ2n) is 6.80. The lowest BCUT2D eigenvalue weighted by atomic mass is 10.1. The van der Waals surface area contributed by atoms with Crippen LogP contribution in [0, 0.1) is 5.92 Å². The molecule has 3 aromatic rings. The highest BCUT2D eigenvalue weighted by atomic mass is 16.3. The van der Waals surface area contributed by atoms with Crippen LogP contribution in [0.15, 0.2) is 47.1 Å². The molecule has 1 saturated heterocycles. The summed E-state index contributed by atoms with van der Waals surface area (Å²) >= 11 is 0. The maximum Gasteiger partial charge on any atom is 0.234 e. The summed E-state index contributed by atoms with van der Waals surface area (Å²) in [5.41, 5.74) is 1.93. The molecule has 2 aliphatic rings. The second-order valence-corrected chi connectivity index (χ2v) is 6.80. The molecule has 1 fully saturated rings. The zero-order chi connectivity index (χ0) is 17.7. The smallest absolute Gasteiger partial charge is 0.234 e. The molecule has 1 atom stereocenters. The van der Waals surface area contributed by atoms with E-state index < -0.39 is 0 Å². The van der Waals surface area contributed by atoms with Gasteiger partial charge >= 0.3 is 0 Å². The van der Waals surface area contributed by atoms with Crippen LogP contribution in [0.25, 0.3) is 11.0 Å². The van der Waals surface area contributed by atoms with Crippen molar-refractivity contribution in [2.45, 2.75) is 19.5 Å². The summed E-state index contributed by atoms with van der Waals surface area (Å²) in [5.74, 6) is 1.06. The molecule has 132 valence electrons. The zero-order valence-electron chi connectivity index (χ0n) is 14.2. The molecule has 0 bridgehead atoms. The molecule has 7 nitrogen and oxygen atoms in total. The Balaban J connectivity index is 1.36. The minimum absolute atomic E-state index is 0.00699. The summed E-state index contributed by atoms with van der Waals surface area (Å²) in [6, 6.07) is 11.5. The van der Waals surface area contributed by atoms with E-state index in [0.29, 0.717) is 25.6 Å². The van der Waals surface area contributed by atoms with E-state index in [1.807, 2.05) is 30.3 Å². The fraction of sp³-hybridized carbons (Fsp3) is 0.316. The maximum absolute atomic E-state index is 13.1. The SMILES string of the molecule is O=C1CC(C(=O)N2CCn3c2nc2ccccc23)CN1Cc1ccco1. The number of aromatic nitrogens is 2. The van der Waals surface area contributed by atoms with Crippen molar-refractivity contribution in [3.63, 3.8) is 0 Å². The van der Waals surface area contributed by atoms with Crippen molar-refractivity contribution in [2.75, 3.05) is 18.0 Å². The van der Waals surface area contributed by atoms with Gasteiger partial charge in [-0.1, -0.05) is 12.1 Å². The zero-order valence-corrected chi connectivity index (χ0v) is 14.2. The molecule has 7 heteroatoms. The number of para-hydroxylation sites is 2. The summed E-state index contributed by atoms with van der Waals surface area (Å²) in [6.07, 6.45) is 1.84. The minimum atomic E-state index is -0.330. The Morgan fingerprint density at radius 2 is 2.08 bits per heavy atom. The van der Waals surface area contributed by atoms with Crippen LogP contribution in [-0.2, 0) is 22.7 Å². The van der Waals surface area contributed by atoms with Crippen molar-refractivity contribution < 1.29 is 14.0 Å². The van der Waals surface area contributed by atoms with Gasteiger partial charge in [-0.3, -0.25) is 14.5 Å². The Morgan fingerprint density at radius 1 is 1.19 bits per heavy atom. The number of fused-ring (bicyclic) bond motifs is 3. The number of carbonyl (C=O) groups is 2. The third-order valence-corrected chi connectivity index (χ3v) is 5.18. The van der Waals surface area contributed by atoms with E-state index in [2.05, 4.69) is 9.55 Å². The fourth-order valence-corrected chi connectivity index (χ4v) is 3.90. The van der Waals surface area contributed by atoms with E-state index in [1.54, 1.807) is 22.1 Å². The van der Waals surface area contributed by atoms with Crippen LogP contribution in [0.5, 0.6) is 0 Å². The van der Waals surface area contributed by atoms with E-state index in [9.17, 15) is 9.59 Å². The van der Waals surface area contributed by atoms with Crippen LogP contribution in [0.3, 0.4) is 0 Å². The average molecular weight is 350 g/mol. The Bertz CT molecular complexity index is 992. The predicted molar refractivity (Wildman–Crippen MR) is 94.3 cm³/mol. The molecule has 2 amide bonds. The van der Waals surface area contributed by atoms with Crippen LogP contribution in [0.2, 0.25) is 0 Å². The highest BCUT2D eigenvalue weighted by Crippen LogP contribution is 2.30. The Labute approximate surface area is 149 Å². The van der Waals surface area contributed by atoms with Crippen molar-refractivity contribution in [1.82, 2.24) is 14.5 Å². The molecule has 0 radical (unpaired) electrons. The molecule has 1 unspecified atom stereocenters. The number of likely N-dealkylation sites (tertiary alicyclic amines) is 1. The van der Waals surface area contributed by atoms with E-state index >= 15 is 0 Å². The number of hydrogen-bond donors (Lipinski definition) is 0. The van der Waals surface area contributed by atoms with Gasteiger partial charge in [0, 0.05) is 26.1 Å². The number of imidazole rings is 1. The summed E-state index contributed by atoms with van der Waals surface area (Å²) in [6.45, 7) is 2.18. The number of carbonyl (C=O) groups excluding carboxylic acids is 2. The Morgan fingerprint density at radius 3 is 2.92 bits per heavy atom. The van der Waals surface area contributed by atoms with Crippen LogP contribution in [-0.4, -0.2) is 39.4 Å². The number of anilines is 1. The molecule has 0 saturated carbocycles. The second kappa shape index (κ2) is 5.72. The van der Waals surface area contributed by atoms with Gasteiger partial charge in [-0.2, -0.15) is 0 Å². The molecule has 0 aliphatic carbocycles. The maximum atomic E-state index is 13.1. The van der Waals surface area contributed by atoms with E-state index in [1.165, 1.54) is 0 Å². The van der Waals surface area contributed by atoms with Crippen molar-refractivity contribution in [2.24, 2.45) is 5.92 Å². The lowest BCUT2D eigenvalue weighted by molar-refractivity contribution is -0.129. The predicted octanol–water partition coefficient (Wildman–Crippen LogP) is 2.02. The molecule has 2 aliphatic heterocycles. The van der Waals surface area contributed by atoms with E-state index in [4.69, 9.17) is 4.42 Å². The minimum Gasteiger partial charge on any atom is -0.467 e. The highest BCUT2D eigenvalue weighted by molar-refractivity contribution is 5.99. The molecule has 1 aromatic carbocycles. The standard InChI is InChI=1S/C19H18N4O3/c24-17-10-13(11-21(17)12-14-4-3-9-26-14)18(25)23-8-7-22-16-6-2-1-5-15(16)20-19(22)23/h1-6,9,13H,7-8,10-12H2. The van der Waals surface area contributed by atoms with Crippen molar-refractivity contribution in [3.05, 3.63) is 48.4 Å². The monoisotopic (exact) mass is 350 g/mol. The summed E-state index contributed by atoms with van der Waals surface area (Å²) < 4.78 is 7.39. The van der Waals surface area contributed by atoms with Gasteiger partial charge < -0.3 is 13.9 Å². The quantitative estimate of drug-likeness (QED) is 0.725. The largest absolute Gasteiger partial charge is 0.467 e. The van der Waals surface area contributed by atoms with Gasteiger partial charge in [0.05, 0.1) is 29.8 Å². The first-order valence-corrected chi connectivity index (χ1v) is 8.77. The van der Waals surface area contributed by atoms with Gasteiger partial charge in [0.2, 0.25) is 17.8 Å². The Hall–Kier alpha value is -3.09. The van der Waals surface area contributed by atoms with E-state index in [0.717, 1.165) is 23.3 Å². The van der Waals surface area contributed by atoms with E-state index in [-0.39, 0.29) is 24.2 Å². The van der Waals surface area contributed by atoms with Gasteiger partial charge in [0.15, 0.2) is 0 Å². The number of nitrogens with zero attached hydrogens (tertiary/aromatic N) is 4. The fourth-order valence-electron chi connectivity index (χ4n) is 3.90. The van der Waals surface area contributed by atoms with Crippen LogP contribution >= 0.6 is 0 Å². The molecule has 5 rings (SSSR count). The highest BCUT2D eigenvalue weighted by Gasteiger charge is 2.39. The molecule has 2 aromatic heterocycles. The first-order valence-electron chi connectivity index (χ1n) is 8.77. The summed E-state index contributed by atoms with van der Waals surface area (Å²) in [7, 11) is 0. The third kappa shape index (κ3) is 2.31. The molecule has 0 N–H and O–H groups in total. The van der Waals surface area contributed by atoms with Crippen LogP contribution < -0.4 is 4.90 Å². The van der Waals surface area contributed by atoms with Gasteiger partial charge in [-0.05, 0) is 24.3 Å². The third-order valence-electron chi connectivity index (χ3n) is 5.18. The normalized spacial score (nSPS) is 19.5. The lowest BCUT2D eigenvalue weighted by Crippen LogP contribution is -2.36. The molecule has 0 spiro atoms. The summed E-state index contributed by atoms with van der Waals surface area (Å²) in [5, 5.41) is 0. The Kier molecular flexibility index (Phi) is 3.34. The molecule has 4 heterocycles. The summed E-state index contributed by atoms with van der Waals surface area (Å²) in [4.78, 5) is 33.4. The molecular weight excluding hydrogens is 332 g/mol. The van der Waals surface area contributed by atoms with Crippen molar-refractivity contribution in [1.29, 1.82) is 0 Å².